The first-order valence-electron chi connectivity index (χ1n) is 9.81. The van der Waals surface area contributed by atoms with Crippen molar-refractivity contribution in [2.24, 2.45) is 7.05 Å². The number of ketones is 1. The molecule has 0 radical (unpaired) electrons. The predicted molar refractivity (Wildman–Crippen MR) is 113 cm³/mol. The van der Waals surface area contributed by atoms with Crippen molar-refractivity contribution in [2.75, 3.05) is 12.4 Å². The first kappa shape index (κ1) is 21.4. The van der Waals surface area contributed by atoms with Gasteiger partial charge in [0.2, 0.25) is 5.95 Å². The monoisotopic (exact) mass is 411 g/mol. The van der Waals surface area contributed by atoms with E-state index in [9.17, 15) is 9.18 Å². The van der Waals surface area contributed by atoms with E-state index in [1.165, 1.54) is 13.2 Å². The number of rotatable bonds is 8. The van der Waals surface area contributed by atoms with Crippen molar-refractivity contribution in [3.63, 3.8) is 0 Å². The molecule has 0 amide bonds. The number of nitrogens with zero attached hydrogens (tertiary/aromatic N) is 4. The van der Waals surface area contributed by atoms with Crippen molar-refractivity contribution in [3.8, 4) is 5.75 Å². The summed E-state index contributed by atoms with van der Waals surface area (Å²) in [6.45, 7) is 5.67. The van der Waals surface area contributed by atoms with Crippen molar-refractivity contribution >= 4 is 17.4 Å². The minimum absolute atomic E-state index is 0.0469. The normalized spacial score (nSPS) is 10.9. The lowest BCUT2D eigenvalue weighted by Crippen LogP contribution is -2.05. The molecule has 0 unspecified atom stereocenters. The van der Waals surface area contributed by atoms with Gasteiger partial charge in [-0.2, -0.15) is 5.10 Å². The summed E-state index contributed by atoms with van der Waals surface area (Å²) in [5.74, 6) is 0.0739. The standard InChI is InChI=1S/C22H26FN5O2/c1-6-18(29)17-9-16(20(23)19(10-17)30-5)8-7-15-11-24-22(25-12-15)26-21-13(2)27-28(4)14(21)3/h9-12H,6-8H2,1-5H3,(H,24,25,26). The van der Waals surface area contributed by atoms with Crippen molar-refractivity contribution in [1.29, 1.82) is 0 Å². The molecule has 0 aliphatic carbocycles. The van der Waals surface area contributed by atoms with Gasteiger partial charge >= 0.3 is 0 Å². The van der Waals surface area contributed by atoms with E-state index in [4.69, 9.17) is 4.74 Å². The molecule has 2 heterocycles. The fourth-order valence-corrected chi connectivity index (χ4v) is 3.24. The van der Waals surface area contributed by atoms with E-state index in [1.807, 2.05) is 20.9 Å². The van der Waals surface area contributed by atoms with Crippen molar-refractivity contribution in [3.05, 3.63) is 58.4 Å². The van der Waals surface area contributed by atoms with Gasteiger partial charge in [-0.05, 0) is 49.9 Å². The van der Waals surface area contributed by atoms with Crippen LogP contribution in [0.25, 0.3) is 0 Å². The molecular formula is C22H26FN5O2. The average Bonchev–Trinajstić information content (AvgIpc) is 2.99. The highest BCUT2D eigenvalue weighted by atomic mass is 19.1. The number of carbonyl (C=O) groups excluding carboxylic acids is 1. The number of aryl methyl sites for hydroxylation is 4. The lowest BCUT2D eigenvalue weighted by Gasteiger charge is -2.11. The number of carbonyl (C=O) groups is 1. The van der Waals surface area contributed by atoms with Crippen LogP contribution in [0.5, 0.6) is 5.75 Å². The Morgan fingerprint density at radius 2 is 1.90 bits per heavy atom. The zero-order valence-corrected chi connectivity index (χ0v) is 17.9. The Hall–Kier alpha value is -3.29. The van der Waals surface area contributed by atoms with Crippen molar-refractivity contribution in [1.82, 2.24) is 19.7 Å². The van der Waals surface area contributed by atoms with Crippen LogP contribution in [0.1, 0.15) is 46.2 Å². The Morgan fingerprint density at radius 3 is 2.47 bits per heavy atom. The molecule has 7 nitrogen and oxygen atoms in total. The summed E-state index contributed by atoms with van der Waals surface area (Å²) in [6, 6.07) is 3.06. The number of hydrogen-bond donors (Lipinski definition) is 1. The fourth-order valence-electron chi connectivity index (χ4n) is 3.24. The number of benzene rings is 1. The van der Waals surface area contributed by atoms with Crippen LogP contribution in [-0.4, -0.2) is 32.6 Å². The molecule has 3 rings (SSSR count). The van der Waals surface area contributed by atoms with E-state index in [2.05, 4.69) is 20.4 Å². The third-order valence-corrected chi connectivity index (χ3v) is 5.11. The highest BCUT2D eigenvalue weighted by Gasteiger charge is 2.15. The molecule has 0 saturated carbocycles. The molecule has 0 atom stereocenters. The van der Waals surface area contributed by atoms with Crippen LogP contribution in [0, 0.1) is 19.7 Å². The number of aromatic nitrogens is 4. The van der Waals surface area contributed by atoms with Gasteiger partial charge in [0, 0.05) is 31.4 Å². The summed E-state index contributed by atoms with van der Waals surface area (Å²) in [4.78, 5) is 20.8. The zero-order valence-electron chi connectivity index (χ0n) is 17.9. The van der Waals surface area contributed by atoms with Crippen LogP contribution in [0.15, 0.2) is 24.5 Å². The van der Waals surface area contributed by atoms with Crippen molar-refractivity contribution in [2.45, 2.75) is 40.0 Å². The SMILES string of the molecule is CCC(=O)c1cc(CCc2cnc(Nc3c(C)nn(C)c3C)nc2)c(F)c(OC)c1. The summed E-state index contributed by atoms with van der Waals surface area (Å²) < 4.78 is 21.5. The number of methoxy groups -OCH3 is 1. The predicted octanol–water partition coefficient (Wildman–Crippen LogP) is 4.10. The van der Waals surface area contributed by atoms with Gasteiger partial charge in [0.25, 0.3) is 0 Å². The van der Waals surface area contributed by atoms with E-state index in [0.717, 1.165) is 22.6 Å². The third-order valence-electron chi connectivity index (χ3n) is 5.11. The first-order chi connectivity index (χ1) is 14.3. The topological polar surface area (TPSA) is 81.9 Å². The first-order valence-corrected chi connectivity index (χ1v) is 9.81. The number of hydrogen-bond acceptors (Lipinski definition) is 6. The highest BCUT2D eigenvalue weighted by Crippen LogP contribution is 2.25. The van der Waals surface area contributed by atoms with Gasteiger partial charge in [0.15, 0.2) is 17.3 Å². The van der Waals surface area contributed by atoms with Gasteiger partial charge in [-0.3, -0.25) is 9.48 Å². The lowest BCUT2D eigenvalue weighted by atomic mass is 10.00. The third kappa shape index (κ3) is 4.48. The summed E-state index contributed by atoms with van der Waals surface area (Å²) in [5, 5.41) is 7.56. The molecule has 8 heteroatoms. The van der Waals surface area contributed by atoms with Crippen LogP contribution >= 0.6 is 0 Å². The Kier molecular flexibility index (Phi) is 6.44. The number of ether oxygens (including phenoxy) is 1. The number of halogens is 1. The van der Waals surface area contributed by atoms with Gasteiger partial charge in [0.05, 0.1) is 24.2 Å². The Labute approximate surface area is 175 Å². The minimum Gasteiger partial charge on any atom is -0.494 e. The Balaban J connectivity index is 1.73. The maximum Gasteiger partial charge on any atom is 0.227 e. The molecule has 0 aliphatic heterocycles. The molecule has 2 aromatic heterocycles. The second-order valence-corrected chi connectivity index (χ2v) is 7.14. The lowest BCUT2D eigenvalue weighted by molar-refractivity contribution is 0.0987. The maximum atomic E-state index is 14.6. The molecule has 158 valence electrons. The minimum atomic E-state index is -0.438. The molecule has 3 aromatic rings. The summed E-state index contributed by atoms with van der Waals surface area (Å²) in [6.07, 6.45) is 4.73. The zero-order chi connectivity index (χ0) is 21.8. The molecule has 0 saturated heterocycles. The van der Waals surface area contributed by atoms with E-state index in [-0.39, 0.29) is 11.5 Å². The maximum absolute atomic E-state index is 14.6. The van der Waals surface area contributed by atoms with Crippen LogP contribution in [0.4, 0.5) is 16.0 Å². The smallest absolute Gasteiger partial charge is 0.227 e. The summed E-state index contributed by atoms with van der Waals surface area (Å²) in [7, 11) is 3.28. The quantitative estimate of drug-likeness (QED) is 0.562. The van der Waals surface area contributed by atoms with Crippen LogP contribution in [0.2, 0.25) is 0 Å². The molecule has 0 bridgehead atoms. The van der Waals surface area contributed by atoms with E-state index in [0.29, 0.717) is 36.3 Å². The second-order valence-electron chi connectivity index (χ2n) is 7.14. The number of Topliss-reactive ketones (excluding diaryl/α,β-unsaturated/α-hetero) is 1. The molecule has 1 N–H and O–H groups in total. The van der Waals surface area contributed by atoms with Gasteiger partial charge in [-0.25, -0.2) is 14.4 Å². The van der Waals surface area contributed by atoms with Crippen LogP contribution in [-0.2, 0) is 19.9 Å². The summed E-state index contributed by atoms with van der Waals surface area (Å²) >= 11 is 0. The van der Waals surface area contributed by atoms with Gasteiger partial charge < -0.3 is 10.1 Å². The Morgan fingerprint density at radius 1 is 1.20 bits per heavy atom. The van der Waals surface area contributed by atoms with E-state index >= 15 is 0 Å². The largest absolute Gasteiger partial charge is 0.494 e. The Bertz CT molecular complexity index is 1060. The van der Waals surface area contributed by atoms with Gasteiger partial charge in [-0.1, -0.05) is 6.92 Å². The molecule has 30 heavy (non-hydrogen) atoms. The number of nitrogens with one attached hydrogen (secondary N) is 1. The van der Waals surface area contributed by atoms with E-state index in [1.54, 1.807) is 30.1 Å². The average molecular weight is 411 g/mol. The highest BCUT2D eigenvalue weighted by molar-refractivity contribution is 5.96. The van der Waals surface area contributed by atoms with E-state index < -0.39 is 5.82 Å². The molecular weight excluding hydrogens is 385 g/mol. The molecule has 0 fully saturated rings. The fraction of sp³-hybridized carbons (Fsp3) is 0.364. The molecule has 1 aromatic carbocycles. The van der Waals surface area contributed by atoms with Gasteiger partial charge in [0.1, 0.15) is 0 Å². The van der Waals surface area contributed by atoms with Crippen LogP contribution in [0.3, 0.4) is 0 Å². The number of anilines is 2. The molecule has 0 aliphatic rings. The molecule has 0 spiro atoms. The summed E-state index contributed by atoms with van der Waals surface area (Å²) in [5.41, 5.74) is 4.51. The van der Waals surface area contributed by atoms with Gasteiger partial charge in [-0.15, -0.1) is 0 Å². The van der Waals surface area contributed by atoms with Crippen LogP contribution < -0.4 is 10.1 Å². The second kappa shape index (κ2) is 9.02. The van der Waals surface area contributed by atoms with Crippen molar-refractivity contribution < 1.29 is 13.9 Å².